The van der Waals surface area contributed by atoms with Crippen LogP contribution in [0.3, 0.4) is 0 Å². The predicted molar refractivity (Wildman–Crippen MR) is 153 cm³/mol. The second-order valence-corrected chi connectivity index (χ2v) is 11.4. The summed E-state index contributed by atoms with van der Waals surface area (Å²) in [6.45, 7) is 3.47. The molecule has 40 heavy (non-hydrogen) atoms. The maximum Gasteiger partial charge on any atom is 0.270 e. The number of nitriles is 2. The molecule has 0 atom stereocenters. The number of nitrogens with zero attached hydrogens (tertiary/aromatic N) is 6. The van der Waals surface area contributed by atoms with Crippen LogP contribution >= 0.6 is 0 Å². The van der Waals surface area contributed by atoms with E-state index in [1.54, 1.807) is 19.2 Å². The first-order valence-electron chi connectivity index (χ1n) is 14.1. The molecule has 3 aliphatic rings. The zero-order chi connectivity index (χ0) is 28.0. The minimum atomic E-state index is -0.345. The Balaban J connectivity index is 1.29. The highest BCUT2D eigenvalue weighted by Gasteiger charge is 2.34. The number of hydrogen-bond acceptors (Lipinski definition) is 8. The Morgan fingerprint density at radius 3 is 2.38 bits per heavy atom. The number of pyridine rings is 2. The second kappa shape index (κ2) is 10.4. The fourth-order valence-corrected chi connectivity index (χ4v) is 6.58. The van der Waals surface area contributed by atoms with Gasteiger partial charge in [0.1, 0.15) is 28.9 Å². The average Bonchev–Trinajstić information content (AvgIpc) is 3.40. The van der Waals surface area contributed by atoms with Gasteiger partial charge in [-0.3, -0.25) is 4.79 Å². The zero-order valence-electron chi connectivity index (χ0n) is 23.3. The lowest BCUT2D eigenvalue weighted by Crippen LogP contribution is -2.46. The summed E-state index contributed by atoms with van der Waals surface area (Å²) in [5.74, 6) is 2.35. The van der Waals surface area contributed by atoms with E-state index in [-0.39, 0.29) is 29.7 Å². The number of hydrogen-bond donors (Lipinski definition) is 0. The minimum absolute atomic E-state index is 0.0739. The summed E-state index contributed by atoms with van der Waals surface area (Å²) < 4.78 is 12.8. The molecule has 0 amide bonds. The lowest BCUT2D eigenvalue weighted by molar-refractivity contribution is 0.174. The van der Waals surface area contributed by atoms with Crippen molar-refractivity contribution >= 4 is 22.4 Å². The van der Waals surface area contributed by atoms with Gasteiger partial charge in [-0.1, -0.05) is 6.42 Å². The van der Waals surface area contributed by atoms with Crippen molar-refractivity contribution in [3.8, 4) is 23.6 Å². The molecule has 0 saturated heterocycles. The molecule has 2 saturated carbocycles. The fraction of sp³-hybridized carbons (Fsp3) is 0.484. The van der Waals surface area contributed by atoms with Crippen LogP contribution in [0.25, 0.3) is 11.0 Å². The SMILES string of the molecule is Cc1cc2c(cc1N(CC1CCC1)C1CCC(N(C)c3c(C#N)c(=O)n(C)c4ccc(C#N)nc34)CC1)OCO2. The van der Waals surface area contributed by atoms with E-state index in [0.29, 0.717) is 22.8 Å². The lowest BCUT2D eigenvalue weighted by Gasteiger charge is -2.44. The van der Waals surface area contributed by atoms with Gasteiger partial charge in [-0.2, -0.15) is 10.5 Å². The van der Waals surface area contributed by atoms with E-state index < -0.39 is 0 Å². The zero-order valence-corrected chi connectivity index (χ0v) is 23.3. The topological polar surface area (TPSA) is 107 Å². The van der Waals surface area contributed by atoms with Crippen LogP contribution in [0.15, 0.2) is 29.1 Å². The van der Waals surface area contributed by atoms with Gasteiger partial charge in [0.05, 0.1) is 11.2 Å². The Hall–Kier alpha value is -4.24. The van der Waals surface area contributed by atoms with E-state index in [4.69, 9.17) is 9.47 Å². The molecular weight excluding hydrogens is 504 g/mol. The van der Waals surface area contributed by atoms with E-state index in [9.17, 15) is 15.3 Å². The van der Waals surface area contributed by atoms with Crippen LogP contribution in [-0.2, 0) is 7.05 Å². The molecule has 9 nitrogen and oxygen atoms in total. The number of rotatable bonds is 6. The van der Waals surface area contributed by atoms with E-state index >= 15 is 0 Å². The van der Waals surface area contributed by atoms with Crippen molar-refractivity contribution in [2.75, 3.05) is 30.2 Å². The Kier molecular flexibility index (Phi) is 6.75. The third kappa shape index (κ3) is 4.40. The normalized spacial score (nSPS) is 20.0. The van der Waals surface area contributed by atoms with Gasteiger partial charge in [-0.15, -0.1) is 0 Å². The van der Waals surface area contributed by atoms with Gasteiger partial charge in [0.25, 0.3) is 5.56 Å². The third-order valence-electron chi connectivity index (χ3n) is 9.13. The molecule has 6 rings (SSSR count). The molecular formula is C31H34N6O3. The van der Waals surface area contributed by atoms with E-state index in [0.717, 1.165) is 49.6 Å². The summed E-state index contributed by atoms with van der Waals surface area (Å²) in [6, 6.07) is 12.4. The quantitative estimate of drug-likeness (QED) is 0.442. The standard InChI is InChI=1S/C31H34N6O3/c1-19-13-27-28(40-18-39-27)14-26(19)37(17-20-5-4-6-20)23-10-8-22(9-11-23)35(2)30-24(16-33)31(38)36(3)25-12-7-21(15-32)34-29(25)30/h7,12-14,20,22-23H,4-6,8-11,17-18H2,1-3H3. The molecule has 0 spiro atoms. The van der Waals surface area contributed by atoms with E-state index in [2.05, 4.69) is 46.0 Å². The molecule has 1 aromatic carbocycles. The smallest absolute Gasteiger partial charge is 0.270 e. The van der Waals surface area contributed by atoms with Gasteiger partial charge in [-0.05, 0) is 75.1 Å². The molecule has 3 heterocycles. The highest BCUT2D eigenvalue weighted by molar-refractivity contribution is 5.92. The maximum absolute atomic E-state index is 13.1. The molecule has 2 fully saturated rings. The Bertz CT molecular complexity index is 1600. The fourth-order valence-electron chi connectivity index (χ4n) is 6.58. The van der Waals surface area contributed by atoms with Crippen LogP contribution in [0.4, 0.5) is 11.4 Å². The highest BCUT2D eigenvalue weighted by Crippen LogP contribution is 2.42. The number of anilines is 2. The van der Waals surface area contributed by atoms with Crippen LogP contribution in [0.1, 0.15) is 61.8 Å². The molecule has 0 bridgehead atoms. The predicted octanol–water partition coefficient (Wildman–Crippen LogP) is 4.77. The number of aromatic nitrogens is 2. The number of aryl methyl sites for hydroxylation is 2. The molecule has 2 aromatic heterocycles. The monoisotopic (exact) mass is 538 g/mol. The van der Waals surface area contributed by atoms with Crippen LogP contribution in [0, 0.1) is 35.5 Å². The molecule has 2 aliphatic carbocycles. The van der Waals surface area contributed by atoms with Gasteiger partial charge in [-0.25, -0.2) is 4.98 Å². The van der Waals surface area contributed by atoms with Gasteiger partial charge >= 0.3 is 0 Å². The van der Waals surface area contributed by atoms with Crippen LogP contribution in [0.2, 0.25) is 0 Å². The molecule has 0 unspecified atom stereocenters. The van der Waals surface area contributed by atoms with Crippen molar-refractivity contribution in [1.29, 1.82) is 10.5 Å². The Morgan fingerprint density at radius 1 is 1.02 bits per heavy atom. The summed E-state index contributed by atoms with van der Waals surface area (Å²) in [6.07, 6.45) is 7.71. The van der Waals surface area contributed by atoms with Crippen molar-refractivity contribution in [2.45, 2.75) is 64.0 Å². The van der Waals surface area contributed by atoms with Crippen LogP contribution < -0.4 is 24.8 Å². The molecule has 206 valence electrons. The van der Waals surface area contributed by atoms with Crippen LogP contribution in [0.5, 0.6) is 11.5 Å². The van der Waals surface area contributed by atoms with E-state index in [1.165, 1.54) is 35.1 Å². The molecule has 0 N–H and O–H groups in total. The first-order chi connectivity index (χ1) is 19.4. The highest BCUT2D eigenvalue weighted by atomic mass is 16.7. The van der Waals surface area contributed by atoms with Crippen molar-refractivity contribution < 1.29 is 9.47 Å². The van der Waals surface area contributed by atoms with Crippen LogP contribution in [-0.4, -0.2) is 42.0 Å². The summed E-state index contributed by atoms with van der Waals surface area (Å²) >= 11 is 0. The van der Waals surface area contributed by atoms with E-state index in [1.807, 2.05) is 7.05 Å². The number of fused-ring (bicyclic) bond motifs is 2. The Morgan fingerprint density at radius 2 is 1.73 bits per heavy atom. The largest absolute Gasteiger partial charge is 0.454 e. The lowest BCUT2D eigenvalue weighted by atomic mass is 9.83. The molecule has 3 aromatic rings. The van der Waals surface area contributed by atoms with Crippen molar-refractivity contribution in [3.05, 3.63) is 51.4 Å². The van der Waals surface area contributed by atoms with Gasteiger partial charge in [0.15, 0.2) is 11.5 Å². The number of ether oxygens (including phenoxy) is 2. The Labute approximate surface area is 234 Å². The summed E-state index contributed by atoms with van der Waals surface area (Å²) in [5, 5.41) is 19.5. The molecule has 9 heteroatoms. The summed E-state index contributed by atoms with van der Waals surface area (Å²) in [7, 11) is 3.60. The first kappa shape index (κ1) is 26.0. The van der Waals surface area contributed by atoms with Crippen molar-refractivity contribution in [1.82, 2.24) is 9.55 Å². The van der Waals surface area contributed by atoms with Crippen molar-refractivity contribution in [3.63, 3.8) is 0 Å². The maximum atomic E-state index is 13.1. The van der Waals surface area contributed by atoms with Gasteiger partial charge in [0.2, 0.25) is 6.79 Å². The van der Waals surface area contributed by atoms with Crippen molar-refractivity contribution in [2.24, 2.45) is 13.0 Å². The molecule has 0 radical (unpaired) electrons. The van der Waals surface area contributed by atoms with Gasteiger partial charge < -0.3 is 23.8 Å². The second-order valence-electron chi connectivity index (χ2n) is 11.4. The summed E-state index contributed by atoms with van der Waals surface area (Å²) in [5.41, 5.74) is 4.08. The molecule has 1 aliphatic heterocycles. The third-order valence-corrected chi connectivity index (χ3v) is 9.13. The number of benzene rings is 1. The minimum Gasteiger partial charge on any atom is -0.454 e. The first-order valence-corrected chi connectivity index (χ1v) is 14.1. The summed E-state index contributed by atoms with van der Waals surface area (Å²) in [4.78, 5) is 22.3. The average molecular weight is 539 g/mol. The van der Waals surface area contributed by atoms with Gasteiger partial charge in [0, 0.05) is 44.5 Å².